The van der Waals surface area contributed by atoms with Gasteiger partial charge in [0, 0.05) is 22.5 Å². The molecule has 0 atom stereocenters. The van der Waals surface area contributed by atoms with Crippen molar-refractivity contribution in [2.45, 2.75) is 6.54 Å². The quantitative estimate of drug-likeness (QED) is 0.220. The van der Waals surface area contributed by atoms with E-state index in [0.717, 1.165) is 22.0 Å². The van der Waals surface area contributed by atoms with E-state index in [4.69, 9.17) is 32.7 Å². The van der Waals surface area contributed by atoms with Gasteiger partial charge in [-0.05, 0) is 54.1 Å². The number of allylic oxidation sites excluding steroid dienone is 1. The van der Waals surface area contributed by atoms with E-state index in [9.17, 15) is 4.79 Å². The number of ether oxygens (including phenoxy) is 2. The molecule has 0 saturated heterocycles. The van der Waals surface area contributed by atoms with Crippen molar-refractivity contribution in [1.29, 1.82) is 0 Å². The lowest BCUT2D eigenvalue weighted by atomic mass is 10.1. The van der Waals surface area contributed by atoms with Gasteiger partial charge >= 0.3 is 0 Å². The molecule has 0 aliphatic carbocycles. The molecule has 0 spiro atoms. The molecule has 0 N–H and O–H groups in total. The van der Waals surface area contributed by atoms with Crippen molar-refractivity contribution in [2.24, 2.45) is 0 Å². The smallest absolute Gasteiger partial charge is 0.189 e. The summed E-state index contributed by atoms with van der Waals surface area (Å²) in [5.74, 6) is 1.13. The third kappa shape index (κ3) is 4.38. The van der Waals surface area contributed by atoms with Crippen LogP contribution in [0.1, 0.15) is 21.5 Å². The van der Waals surface area contributed by atoms with Crippen LogP contribution in [0.2, 0.25) is 10.2 Å². The zero-order valence-electron chi connectivity index (χ0n) is 17.6. The van der Waals surface area contributed by atoms with Gasteiger partial charge in [0.25, 0.3) is 0 Å². The summed E-state index contributed by atoms with van der Waals surface area (Å²) in [5, 5.41) is 1.87. The molecule has 3 aromatic carbocycles. The second kappa shape index (κ2) is 9.51. The highest BCUT2D eigenvalue weighted by Crippen LogP contribution is 2.32. The average molecular weight is 466 g/mol. The molecule has 0 fully saturated rings. The Bertz CT molecular complexity index is 1310. The Balaban J connectivity index is 1.73. The van der Waals surface area contributed by atoms with Crippen molar-refractivity contribution >= 4 is 46.0 Å². The molecule has 162 valence electrons. The average Bonchev–Trinajstić information content (AvgIpc) is 3.10. The lowest BCUT2D eigenvalue weighted by Gasteiger charge is -2.08. The first kappa shape index (κ1) is 22.0. The summed E-state index contributed by atoms with van der Waals surface area (Å²) in [4.78, 5) is 13.2. The standard InChI is InChI=1S/C26H21Cl2NO3/c1-31-20-12-14-24(32-2)18(15-20)9-13-23(30)25-21-5-3-4-6-22(21)29(26(25)28)16-17-7-10-19(27)11-8-17/h3-15H,16H2,1-2H3/b13-9+. The SMILES string of the molecule is COc1ccc(OC)c(/C=C/C(=O)c2c(Cl)n(Cc3ccc(Cl)cc3)c3ccccc23)c1. The Morgan fingerprint density at radius 3 is 2.44 bits per heavy atom. The molecule has 6 heteroatoms. The second-order valence-corrected chi connectivity index (χ2v) is 8.00. The molecule has 0 aliphatic heterocycles. The van der Waals surface area contributed by atoms with Gasteiger partial charge in [0.1, 0.15) is 16.7 Å². The maximum Gasteiger partial charge on any atom is 0.189 e. The zero-order chi connectivity index (χ0) is 22.7. The van der Waals surface area contributed by atoms with Crippen LogP contribution in [0.15, 0.2) is 72.8 Å². The molecule has 0 amide bonds. The van der Waals surface area contributed by atoms with Gasteiger partial charge in [-0.2, -0.15) is 0 Å². The van der Waals surface area contributed by atoms with Crippen molar-refractivity contribution in [3.63, 3.8) is 0 Å². The minimum absolute atomic E-state index is 0.189. The summed E-state index contributed by atoms with van der Waals surface area (Å²) in [7, 11) is 3.18. The van der Waals surface area contributed by atoms with Crippen LogP contribution < -0.4 is 9.47 Å². The topological polar surface area (TPSA) is 40.5 Å². The maximum atomic E-state index is 13.2. The van der Waals surface area contributed by atoms with Gasteiger partial charge in [-0.3, -0.25) is 4.79 Å². The molecule has 4 aromatic rings. The van der Waals surface area contributed by atoms with Gasteiger partial charge in [0.2, 0.25) is 0 Å². The van der Waals surface area contributed by atoms with Gasteiger partial charge in [-0.25, -0.2) is 0 Å². The van der Waals surface area contributed by atoms with Crippen LogP contribution in [-0.2, 0) is 6.54 Å². The normalized spacial score (nSPS) is 11.2. The number of aromatic nitrogens is 1. The molecule has 1 heterocycles. The van der Waals surface area contributed by atoms with E-state index in [0.29, 0.717) is 33.8 Å². The highest BCUT2D eigenvalue weighted by atomic mass is 35.5. The second-order valence-electron chi connectivity index (χ2n) is 7.20. The Labute approximate surface area is 196 Å². The first-order valence-electron chi connectivity index (χ1n) is 9.97. The van der Waals surface area contributed by atoms with Crippen molar-refractivity contribution in [3.8, 4) is 11.5 Å². The van der Waals surface area contributed by atoms with Gasteiger partial charge in [0.15, 0.2) is 5.78 Å². The van der Waals surface area contributed by atoms with Crippen molar-refractivity contribution < 1.29 is 14.3 Å². The monoisotopic (exact) mass is 465 g/mol. The number of para-hydroxylation sites is 1. The van der Waals surface area contributed by atoms with E-state index in [1.54, 1.807) is 32.4 Å². The van der Waals surface area contributed by atoms with Gasteiger partial charge in [0.05, 0.1) is 25.3 Å². The Morgan fingerprint density at radius 2 is 1.72 bits per heavy atom. The van der Waals surface area contributed by atoms with Gasteiger partial charge < -0.3 is 14.0 Å². The molecule has 32 heavy (non-hydrogen) atoms. The summed E-state index contributed by atoms with van der Waals surface area (Å²) in [6.45, 7) is 0.525. The summed E-state index contributed by atoms with van der Waals surface area (Å²) in [6, 6.07) is 20.7. The molecule has 4 rings (SSSR count). The van der Waals surface area contributed by atoms with Crippen LogP contribution in [0.3, 0.4) is 0 Å². The molecular weight excluding hydrogens is 445 g/mol. The van der Waals surface area contributed by atoms with Crippen LogP contribution in [-0.4, -0.2) is 24.6 Å². The number of hydrogen-bond acceptors (Lipinski definition) is 3. The molecule has 0 bridgehead atoms. The summed E-state index contributed by atoms with van der Waals surface area (Å²) >= 11 is 12.8. The number of rotatable bonds is 7. The predicted octanol–water partition coefficient (Wildman–Crippen LogP) is 6.91. The van der Waals surface area contributed by atoms with E-state index in [2.05, 4.69) is 0 Å². The number of ketones is 1. The van der Waals surface area contributed by atoms with E-state index in [1.807, 2.05) is 59.2 Å². The summed E-state index contributed by atoms with van der Waals surface area (Å²) < 4.78 is 12.6. The summed E-state index contributed by atoms with van der Waals surface area (Å²) in [6.07, 6.45) is 3.23. The predicted molar refractivity (Wildman–Crippen MR) is 130 cm³/mol. The van der Waals surface area contributed by atoms with E-state index >= 15 is 0 Å². The third-order valence-electron chi connectivity index (χ3n) is 5.26. The fourth-order valence-electron chi connectivity index (χ4n) is 3.65. The van der Waals surface area contributed by atoms with Gasteiger partial charge in [-0.15, -0.1) is 0 Å². The first-order valence-corrected chi connectivity index (χ1v) is 10.7. The lowest BCUT2D eigenvalue weighted by Crippen LogP contribution is -2.01. The molecule has 1 aromatic heterocycles. The van der Waals surface area contributed by atoms with Crippen molar-refractivity contribution in [3.05, 3.63) is 99.7 Å². The van der Waals surface area contributed by atoms with E-state index in [-0.39, 0.29) is 5.78 Å². The minimum atomic E-state index is -0.189. The number of halogens is 2. The summed E-state index contributed by atoms with van der Waals surface area (Å²) in [5.41, 5.74) is 3.13. The molecule has 0 radical (unpaired) electrons. The van der Waals surface area contributed by atoms with Crippen molar-refractivity contribution in [1.82, 2.24) is 4.57 Å². The molecular formula is C26H21Cl2NO3. The number of carbonyl (C=O) groups is 1. The zero-order valence-corrected chi connectivity index (χ0v) is 19.2. The number of hydrogen-bond donors (Lipinski definition) is 0. The van der Waals surface area contributed by atoms with Crippen LogP contribution >= 0.6 is 23.2 Å². The van der Waals surface area contributed by atoms with Crippen LogP contribution in [0.5, 0.6) is 11.5 Å². The highest BCUT2D eigenvalue weighted by molar-refractivity contribution is 6.36. The number of methoxy groups -OCH3 is 2. The number of benzene rings is 3. The van der Waals surface area contributed by atoms with E-state index in [1.165, 1.54) is 6.08 Å². The van der Waals surface area contributed by atoms with Crippen LogP contribution in [0, 0.1) is 0 Å². The minimum Gasteiger partial charge on any atom is -0.497 e. The molecule has 0 saturated carbocycles. The van der Waals surface area contributed by atoms with Crippen LogP contribution in [0.4, 0.5) is 0 Å². The van der Waals surface area contributed by atoms with Gasteiger partial charge in [-0.1, -0.05) is 53.5 Å². The fourth-order valence-corrected chi connectivity index (χ4v) is 4.12. The molecule has 0 aliphatic rings. The number of carbonyl (C=O) groups excluding carboxylic acids is 1. The maximum absolute atomic E-state index is 13.2. The van der Waals surface area contributed by atoms with E-state index < -0.39 is 0 Å². The lowest BCUT2D eigenvalue weighted by molar-refractivity contribution is 0.104. The third-order valence-corrected chi connectivity index (χ3v) is 5.90. The first-order chi connectivity index (χ1) is 15.5. The molecule has 4 nitrogen and oxygen atoms in total. The molecule has 0 unspecified atom stereocenters. The highest BCUT2D eigenvalue weighted by Gasteiger charge is 2.20. The Morgan fingerprint density at radius 1 is 0.969 bits per heavy atom. The Hall–Kier alpha value is -3.21. The number of nitrogens with zero attached hydrogens (tertiary/aromatic N) is 1. The largest absolute Gasteiger partial charge is 0.497 e. The fraction of sp³-hybridized carbons (Fsp3) is 0.115. The van der Waals surface area contributed by atoms with Crippen LogP contribution in [0.25, 0.3) is 17.0 Å². The van der Waals surface area contributed by atoms with Crippen molar-refractivity contribution in [2.75, 3.05) is 14.2 Å². The Kier molecular flexibility index (Phi) is 6.54. The number of fused-ring (bicyclic) bond motifs is 1.